The van der Waals surface area contributed by atoms with Crippen molar-refractivity contribution in [1.82, 2.24) is 0 Å². The predicted molar refractivity (Wildman–Crippen MR) is 93.1 cm³/mol. The molecule has 118 valence electrons. The highest BCUT2D eigenvalue weighted by atomic mass is 79.9. The zero-order chi connectivity index (χ0) is 15.9. The molecule has 0 aliphatic rings. The Bertz CT molecular complexity index is 639. The van der Waals surface area contributed by atoms with Crippen LogP contribution in [0.25, 0.3) is 10.8 Å². The van der Waals surface area contributed by atoms with Crippen molar-refractivity contribution in [2.45, 2.75) is 31.6 Å². The molecule has 3 nitrogen and oxygen atoms in total. The summed E-state index contributed by atoms with van der Waals surface area (Å²) < 4.78 is 5.22. The maximum Gasteiger partial charge on any atom is 0.310 e. The van der Waals surface area contributed by atoms with Gasteiger partial charge in [0.1, 0.15) is 5.75 Å². The number of carboxylic acid groups (broad SMARTS) is 1. The van der Waals surface area contributed by atoms with Crippen LogP contribution in [-0.2, 0) is 4.79 Å². The summed E-state index contributed by atoms with van der Waals surface area (Å²) in [6, 6.07) is 11.7. The second-order valence-electron chi connectivity index (χ2n) is 5.40. The summed E-state index contributed by atoms with van der Waals surface area (Å²) in [4.78, 5) is 11.6. The molecule has 0 aliphatic heterocycles. The van der Waals surface area contributed by atoms with Gasteiger partial charge in [-0.1, -0.05) is 53.0 Å². The minimum atomic E-state index is -0.744. The highest BCUT2D eigenvalue weighted by Gasteiger charge is 2.19. The van der Waals surface area contributed by atoms with Gasteiger partial charge in [-0.25, -0.2) is 0 Å². The van der Waals surface area contributed by atoms with Gasteiger partial charge in [-0.05, 0) is 41.3 Å². The van der Waals surface area contributed by atoms with E-state index in [0.29, 0.717) is 6.42 Å². The lowest BCUT2D eigenvalue weighted by atomic mass is 9.91. The molecular weight excluding hydrogens is 344 g/mol. The van der Waals surface area contributed by atoms with Gasteiger partial charge in [0.15, 0.2) is 0 Å². The lowest BCUT2D eigenvalue weighted by molar-refractivity contribution is -0.139. The Morgan fingerprint density at radius 3 is 2.55 bits per heavy atom. The molecule has 0 saturated heterocycles. The number of carbonyl (C=O) groups is 1. The zero-order valence-corrected chi connectivity index (χ0v) is 14.3. The van der Waals surface area contributed by atoms with Gasteiger partial charge in [0.25, 0.3) is 0 Å². The molecule has 0 spiro atoms. The average Bonchev–Trinajstić information content (AvgIpc) is 2.53. The molecule has 0 amide bonds. The normalized spacial score (nSPS) is 12.3. The van der Waals surface area contributed by atoms with Crippen LogP contribution in [0.4, 0.5) is 0 Å². The third-order valence-corrected chi connectivity index (χ3v) is 4.46. The van der Waals surface area contributed by atoms with Crippen molar-refractivity contribution < 1.29 is 14.6 Å². The van der Waals surface area contributed by atoms with Crippen LogP contribution in [0.3, 0.4) is 0 Å². The van der Waals surface area contributed by atoms with Gasteiger partial charge >= 0.3 is 5.97 Å². The second-order valence-corrected chi connectivity index (χ2v) is 6.19. The molecule has 0 radical (unpaired) electrons. The number of rotatable bonds is 8. The van der Waals surface area contributed by atoms with Crippen molar-refractivity contribution >= 4 is 32.7 Å². The van der Waals surface area contributed by atoms with Gasteiger partial charge in [-0.3, -0.25) is 4.79 Å². The van der Waals surface area contributed by atoms with Crippen LogP contribution in [0.15, 0.2) is 36.4 Å². The van der Waals surface area contributed by atoms with Gasteiger partial charge in [0, 0.05) is 5.33 Å². The molecule has 0 aromatic heterocycles. The number of aliphatic carboxylic acids is 1. The first-order chi connectivity index (χ1) is 10.7. The van der Waals surface area contributed by atoms with Gasteiger partial charge in [0.05, 0.1) is 13.0 Å². The molecule has 0 heterocycles. The van der Waals surface area contributed by atoms with E-state index >= 15 is 0 Å². The summed E-state index contributed by atoms with van der Waals surface area (Å²) in [6.07, 6.45) is 3.76. The van der Waals surface area contributed by atoms with Crippen molar-refractivity contribution in [3.05, 3.63) is 42.0 Å². The van der Waals surface area contributed by atoms with Crippen LogP contribution in [0.1, 0.15) is 37.2 Å². The fourth-order valence-corrected chi connectivity index (χ4v) is 3.03. The number of hydrogen-bond acceptors (Lipinski definition) is 2. The third kappa shape index (κ3) is 4.23. The third-order valence-electron chi connectivity index (χ3n) is 3.90. The number of carboxylic acids is 1. The SMILES string of the molecule is COc1ccc2cc([C@H](CCCCCBr)C(=O)O)ccc2c1. The largest absolute Gasteiger partial charge is 0.497 e. The van der Waals surface area contributed by atoms with E-state index in [-0.39, 0.29) is 0 Å². The van der Waals surface area contributed by atoms with Gasteiger partial charge < -0.3 is 9.84 Å². The van der Waals surface area contributed by atoms with Crippen molar-refractivity contribution in [3.63, 3.8) is 0 Å². The molecule has 2 aromatic carbocycles. The van der Waals surface area contributed by atoms with Gasteiger partial charge in [-0.2, -0.15) is 0 Å². The van der Waals surface area contributed by atoms with E-state index in [1.165, 1.54) is 0 Å². The molecule has 0 aliphatic carbocycles. The topological polar surface area (TPSA) is 46.5 Å². The first kappa shape index (κ1) is 16.8. The standard InChI is InChI=1S/C18H21BrO3/c1-22-16-9-8-13-11-15(7-6-14(13)12-16)17(18(20)21)5-3-2-4-10-19/h6-9,11-12,17H,2-5,10H2,1H3,(H,20,21)/t17-/m0/s1. The Morgan fingerprint density at radius 1 is 1.14 bits per heavy atom. The van der Waals surface area contributed by atoms with Crippen molar-refractivity contribution in [2.24, 2.45) is 0 Å². The number of alkyl halides is 1. The molecule has 0 unspecified atom stereocenters. The summed E-state index contributed by atoms with van der Waals surface area (Å²) in [5, 5.41) is 12.6. The molecule has 1 atom stereocenters. The lowest BCUT2D eigenvalue weighted by Gasteiger charge is -2.14. The number of halogens is 1. The second kappa shape index (κ2) is 8.18. The molecule has 2 aromatic rings. The van der Waals surface area contributed by atoms with E-state index in [1.807, 2.05) is 36.4 Å². The molecule has 22 heavy (non-hydrogen) atoms. The Hall–Kier alpha value is -1.55. The Kier molecular flexibility index (Phi) is 6.25. The Morgan fingerprint density at radius 2 is 1.86 bits per heavy atom. The van der Waals surface area contributed by atoms with Crippen LogP contribution < -0.4 is 4.74 Å². The van der Waals surface area contributed by atoms with E-state index in [9.17, 15) is 9.90 Å². The van der Waals surface area contributed by atoms with Crippen LogP contribution in [0, 0.1) is 0 Å². The fraction of sp³-hybridized carbons (Fsp3) is 0.389. The maximum absolute atomic E-state index is 11.6. The molecule has 4 heteroatoms. The minimum absolute atomic E-state index is 0.429. The number of ether oxygens (including phenoxy) is 1. The first-order valence-electron chi connectivity index (χ1n) is 7.52. The Labute approximate surface area is 139 Å². The van der Waals surface area contributed by atoms with Crippen molar-refractivity contribution in [2.75, 3.05) is 12.4 Å². The van der Waals surface area contributed by atoms with E-state index in [2.05, 4.69) is 15.9 Å². The number of benzene rings is 2. The lowest BCUT2D eigenvalue weighted by Crippen LogP contribution is -2.11. The van der Waals surface area contributed by atoms with Gasteiger partial charge in [-0.15, -0.1) is 0 Å². The fourth-order valence-electron chi connectivity index (χ4n) is 2.64. The Balaban J connectivity index is 2.20. The van der Waals surface area contributed by atoms with Crippen molar-refractivity contribution in [3.8, 4) is 5.75 Å². The van der Waals surface area contributed by atoms with Crippen LogP contribution in [0.2, 0.25) is 0 Å². The van der Waals surface area contributed by atoms with Gasteiger partial charge in [0.2, 0.25) is 0 Å². The van der Waals surface area contributed by atoms with E-state index in [0.717, 1.165) is 46.7 Å². The predicted octanol–water partition coefficient (Wildman–Crippen LogP) is 4.97. The quantitative estimate of drug-likeness (QED) is 0.531. The smallest absolute Gasteiger partial charge is 0.310 e. The summed E-state index contributed by atoms with van der Waals surface area (Å²) in [5.74, 6) is -0.363. The van der Waals surface area contributed by atoms with Crippen molar-refractivity contribution in [1.29, 1.82) is 0 Å². The molecule has 0 fully saturated rings. The summed E-state index contributed by atoms with van der Waals surface area (Å²) >= 11 is 3.40. The molecule has 0 bridgehead atoms. The van der Waals surface area contributed by atoms with Crippen LogP contribution in [-0.4, -0.2) is 23.5 Å². The first-order valence-corrected chi connectivity index (χ1v) is 8.64. The minimum Gasteiger partial charge on any atom is -0.497 e. The number of fused-ring (bicyclic) bond motifs is 1. The molecular formula is C18H21BrO3. The zero-order valence-electron chi connectivity index (χ0n) is 12.7. The summed E-state index contributed by atoms with van der Waals surface area (Å²) in [6.45, 7) is 0. The van der Waals surface area contributed by atoms with Crippen LogP contribution >= 0.6 is 15.9 Å². The number of methoxy groups -OCH3 is 1. The average molecular weight is 365 g/mol. The number of unbranched alkanes of at least 4 members (excludes halogenated alkanes) is 2. The van der Waals surface area contributed by atoms with Crippen LogP contribution in [0.5, 0.6) is 5.75 Å². The number of hydrogen-bond donors (Lipinski definition) is 1. The molecule has 0 saturated carbocycles. The van der Waals surface area contributed by atoms with E-state index < -0.39 is 11.9 Å². The summed E-state index contributed by atoms with van der Waals surface area (Å²) in [7, 11) is 1.64. The highest BCUT2D eigenvalue weighted by Crippen LogP contribution is 2.28. The maximum atomic E-state index is 11.6. The van der Waals surface area contributed by atoms with E-state index in [4.69, 9.17) is 4.74 Å². The monoisotopic (exact) mass is 364 g/mol. The molecule has 2 rings (SSSR count). The summed E-state index contributed by atoms with van der Waals surface area (Å²) in [5.41, 5.74) is 0.879. The molecule has 1 N–H and O–H groups in total. The highest BCUT2D eigenvalue weighted by molar-refractivity contribution is 9.09. The van der Waals surface area contributed by atoms with E-state index in [1.54, 1.807) is 7.11 Å².